The molecule has 0 saturated heterocycles. The van der Waals surface area contributed by atoms with E-state index in [4.69, 9.17) is 0 Å². The molecule has 1 aromatic heterocycles. The first kappa shape index (κ1) is 14.6. The Morgan fingerprint density at radius 1 is 1.61 bits per heavy atom. The van der Waals surface area contributed by atoms with Crippen molar-refractivity contribution in [3.05, 3.63) is 18.2 Å². The van der Waals surface area contributed by atoms with E-state index in [-0.39, 0.29) is 24.3 Å². The van der Waals surface area contributed by atoms with E-state index in [1.165, 1.54) is 19.5 Å². The third-order valence-corrected chi connectivity index (χ3v) is 2.56. The maximum Gasteiger partial charge on any atom is 0.319 e. The number of esters is 1. The third kappa shape index (κ3) is 3.76. The van der Waals surface area contributed by atoms with Crippen LogP contribution < -0.4 is 0 Å². The van der Waals surface area contributed by atoms with Gasteiger partial charge in [-0.15, -0.1) is 0 Å². The summed E-state index contributed by atoms with van der Waals surface area (Å²) in [5.74, 6) is -0.362. The number of ether oxygens (including phenoxy) is 1. The molecule has 5 nitrogen and oxygen atoms in total. The fourth-order valence-corrected chi connectivity index (χ4v) is 1.69. The molecule has 0 saturated carbocycles. The van der Waals surface area contributed by atoms with Gasteiger partial charge >= 0.3 is 12.5 Å². The molecule has 1 heterocycles. The highest BCUT2D eigenvalue weighted by Crippen LogP contribution is 2.14. The molecule has 1 unspecified atom stereocenters. The molecular weight excluding hydrogens is 244 g/mol. The lowest BCUT2D eigenvalue weighted by atomic mass is 10.2. The van der Waals surface area contributed by atoms with Crippen LogP contribution in [-0.2, 0) is 16.1 Å². The van der Waals surface area contributed by atoms with Crippen LogP contribution in [-0.4, -0.2) is 41.1 Å². The zero-order valence-electron chi connectivity index (χ0n) is 10.6. The van der Waals surface area contributed by atoms with Crippen LogP contribution in [0.2, 0.25) is 0 Å². The lowest BCUT2D eigenvalue weighted by Crippen LogP contribution is -2.30. The summed E-state index contributed by atoms with van der Waals surface area (Å²) in [5.41, 5.74) is 0. The normalized spacial score (nSPS) is 13.1. The molecule has 0 aliphatic carbocycles. The first-order valence-electron chi connectivity index (χ1n) is 5.52. The minimum Gasteiger partial charge on any atom is -0.469 e. The van der Waals surface area contributed by atoms with Crippen LogP contribution in [0.5, 0.6) is 0 Å². The lowest BCUT2D eigenvalue weighted by molar-refractivity contribution is -0.145. The Balaban J connectivity index is 2.56. The highest BCUT2D eigenvalue weighted by molar-refractivity contribution is 5.71. The van der Waals surface area contributed by atoms with E-state index >= 15 is 0 Å². The summed E-state index contributed by atoms with van der Waals surface area (Å²) in [5, 5.41) is 0. The van der Waals surface area contributed by atoms with Gasteiger partial charge in [-0.2, -0.15) is 8.78 Å². The van der Waals surface area contributed by atoms with Crippen molar-refractivity contribution in [1.82, 2.24) is 14.5 Å². The molecule has 1 rings (SSSR count). The number of nitrogens with zero attached hydrogens (tertiary/aromatic N) is 3. The first-order chi connectivity index (χ1) is 8.45. The van der Waals surface area contributed by atoms with Crippen molar-refractivity contribution >= 4 is 5.97 Å². The van der Waals surface area contributed by atoms with Crippen LogP contribution in [0.3, 0.4) is 0 Å². The molecule has 0 spiro atoms. The predicted molar refractivity (Wildman–Crippen MR) is 61.0 cm³/mol. The van der Waals surface area contributed by atoms with Crippen LogP contribution in [0.15, 0.2) is 12.4 Å². The van der Waals surface area contributed by atoms with Gasteiger partial charge in [-0.1, -0.05) is 6.92 Å². The number of methoxy groups -OCH3 is 1. The van der Waals surface area contributed by atoms with E-state index in [1.807, 2.05) is 0 Å². The number of imidazole rings is 1. The molecule has 0 N–H and O–H groups in total. The zero-order valence-corrected chi connectivity index (χ0v) is 10.6. The Labute approximate surface area is 104 Å². The molecule has 0 fully saturated rings. The molecule has 102 valence electrons. The first-order valence-corrected chi connectivity index (χ1v) is 5.52. The van der Waals surface area contributed by atoms with Gasteiger partial charge in [0.05, 0.1) is 19.6 Å². The van der Waals surface area contributed by atoms with E-state index in [0.29, 0.717) is 6.54 Å². The van der Waals surface area contributed by atoms with Gasteiger partial charge in [-0.25, -0.2) is 4.98 Å². The molecule has 1 atom stereocenters. The zero-order chi connectivity index (χ0) is 13.7. The quantitative estimate of drug-likeness (QED) is 0.728. The van der Waals surface area contributed by atoms with Crippen LogP contribution >= 0.6 is 0 Å². The van der Waals surface area contributed by atoms with Gasteiger partial charge in [0.2, 0.25) is 0 Å². The fourth-order valence-electron chi connectivity index (χ4n) is 1.69. The third-order valence-electron chi connectivity index (χ3n) is 2.56. The van der Waals surface area contributed by atoms with Gasteiger partial charge < -0.3 is 4.74 Å². The maximum atomic E-state index is 12.6. The molecule has 0 aliphatic rings. The number of aromatic nitrogens is 2. The van der Waals surface area contributed by atoms with Crippen LogP contribution in [0, 0.1) is 5.92 Å². The van der Waals surface area contributed by atoms with Gasteiger partial charge in [0, 0.05) is 18.9 Å². The Morgan fingerprint density at radius 2 is 2.28 bits per heavy atom. The van der Waals surface area contributed by atoms with Crippen LogP contribution in [0.1, 0.15) is 19.3 Å². The summed E-state index contributed by atoms with van der Waals surface area (Å²) >= 11 is 0. The van der Waals surface area contributed by atoms with Gasteiger partial charge in [0.1, 0.15) is 5.82 Å². The van der Waals surface area contributed by atoms with E-state index in [2.05, 4.69) is 9.72 Å². The number of alkyl halides is 2. The molecule has 0 aromatic carbocycles. The van der Waals surface area contributed by atoms with Crippen molar-refractivity contribution in [2.45, 2.75) is 20.0 Å². The van der Waals surface area contributed by atoms with Crippen molar-refractivity contribution in [2.24, 2.45) is 5.92 Å². The molecule has 7 heteroatoms. The van der Waals surface area contributed by atoms with Crippen LogP contribution in [0.4, 0.5) is 8.78 Å². The second-order valence-corrected chi connectivity index (χ2v) is 4.15. The summed E-state index contributed by atoms with van der Waals surface area (Å²) in [6.07, 6.45) is 2.57. The minimum atomic E-state index is -2.60. The monoisotopic (exact) mass is 261 g/mol. The molecule has 0 aliphatic heterocycles. The van der Waals surface area contributed by atoms with E-state index < -0.39 is 6.55 Å². The predicted octanol–water partition coefficient (Wildman–Crippen LogP) is 1.52. The average Bonchev–Trinajstić information content (AvgIpc) is 2.75. The number of halogens is 2. The number of hydrogen-bond acceptors (Lipinski definition) is 4. The van der Waals surface area contributed by atoms with E-state index in [0.717, 1.165) is 4.57 Å². The molecule has 18 heavy (non-hydrogen) atoms. The molecule has 0 bridgehead atoms. The van der Waals surface area contributed by atoms with Gasteiger partial charge in [-0.05, 0) is 7.05 Å². The number of carbonyl (C=O) groups excluding carboxylic acids is 1. The molecule has 0 radical (unpaired) electrons. The Morgan fingerprint density at radius 3 is 2.83 bits per heavy atom. The summed E-state index contributed by atoms with van der Waals surface area (Å²) in [7, 11) is 3.06. The van der Waals surface area contributed by atoms with Crippen molar-refractivity contribution in [2.75, 3.05) is 20.7 Å². The topological polar surface area (TPSA) is 47.4 Å². The number of rotatable bonds is 6. The number of hydrogen-bond donors (Lipinski definition) is 0. The largest absolute Gasteiger partial charge is 0.469 e. The highest BCUT2D eigenvalue weighted by Gasteiger charge is 2.18. The second-order valence-electron chi connectivity index (χ2n) is 4.15. The van der Waals surface area contributed by atoms with E-state index in [1.54, 1.807) is 18.9 Å². The molecule has 1 aromatic rings. The fraction of sp³-hybridized carbons (Fsp3) is 0.636. The van der Waals surface area contributed by atoms with Crippen molar-refractivity contribution in [3.8, 4) is 0 Å². The van der Waals surface area contributed by atoms with E-state index in [9.17, 15) is 13.6 Å². The second kappa shape index (κ2) is 6.44. The lowest BCUT2D eigenvalue weighted by Gasteiger charge is -2.19. The van der Waals surface area contributed by atoms with Gasteiger partial charge in [-0.3, -0.25) is 14.3 Å². The van der Waals surface area contributed by atoms with Crippen molar-refractivity contribution < 1.29 is 18.3 Å². The summed E-state index contributed by atoms with van der Waals surface area (Å²) < 4.78 is 30.6. The average molecular weight is 261 g/mol. The Hall–Kier alpha value is -1.50. The summed E-state index contributed by atoms with van der Waals surface area (Å²) in [6, 6.07) is 0. The Bertz CT molecular complexity index is 395. The summed E-state index contributed by atoms with van der Waals surface area (Å²) in [4.78, 5) is 16.9. The van der Waals surface area contributed by atoms with Gasteiger partial charge in [0.15, 0.2) is 0 Å². The van der Waals surface area contributed by atoms with Crippen molar-refractivity contribution in [1.29, 1.82) is 0 Å². The van der Waals surface area contributed by atoms with Crippen LogP contribution in [0.25, 0.3) is 0 Å². The Kier molecular flexibility index (Phi) is 5.21. The minimum absolute atomic E-state index is 0.249. The number of carbonyl (C=O) groups is 1. The van der Waals surface area contributed by atoms with Gasteiger partial charge in [0.25, 0.3) is 0 Å². The van der Waals surface area contributed by atoms with Crippen molar-refractivity contribution in [3.63, 3.8) is 0 Å². The SMILES string of the molecule is COC(=O)C(C)CN(C)Cc1nccn1C(F)F. The smallest absolute Gasteiger partial charge is 0.319 e. The standard InChI is InChI=1S/C11H17F2N3O2/c1-8(10(17)18-3)6-15(2)7-9-14-4-5-16(9)11(12)13/h4-5,8,11H,6-7H2,1-3H3. The maximum absolute atomic E-state index is 12.6. The molecular formula is C11H17F2N3O2. The highest BCUT2D eigenvalue weighted by atomic mass is 19.3. The summed E-state index contributed by atoms with van der Waals surface area (Å²) in [6.45, 7) is -0.211. The molecule has 0 amide bonds.